The Bertz CT molecular complexity index is 1550. The number of nitrogens with zero attached hydrogens (tertiary/aromatic N) is 5. The number of carbonyl (C=O) groups is 1. The number of hydrogen-bond donors (Lipinski definition) is 1. The lowest BCUT2D eigenvalue weighted by Crippen LogP contribution is -2.21. The van der Waals surface area contributed by atoms with Gasteiger partial charge in [0.15, 0.2) is 5.01 Å². The summed E-state index contributed by atoms with van der Waals surface area (Å²) >= 11 is 1.15. The Morgan fingerprint density at radius 1 is 1.26 bits per heavy atom. The number of rotatable bonds is 6. The molecule has 0 spiro atoms. The molecule has 1 saturated heterocycles. The third kappa shape index (κ3) is 6.60. The quantitative estimate of drug-likeness (QED) is 0.367. The lowest BCUT2D eigenvalue weighted by atomic mass is 9.96. The van der Waals surface area contributed by atoms with Crippen LogP contribution in [-0.4, -0.2) is 64.2 Å². The average molecular weight is 550 g/mol. The lowest BCUT2D eigenvalue weighted by molar-refractivity contribution is -0.535. The van der Waals surface area contributed by atoms with Crippen LogP contribution in [0.3, 0.4) is 0 Å². The second-order valence-electron chi connectivity index (χ2n) is 8.98. The molecule has 0 atom stereocenters. The molecule has 0 radical (unpaired) electrons. The average Bonchev–Trinajstić information content (AvgIpc) is 3.51. The van der Waals surface area contributed by atoms with Crippen molar-refractivity contribution in [2.45, 2.75) is 19.3 Å². The molecule has 2 aromatic heterocycles. The summed E-state index contributed by atoms with van der Waals surface area (Å²) < 4.78 is 33.4. The molecule has 39 heavy (non-hydrogen) atoms. The van der Waals surface area contributed by atoms with Gasteiger partial charge in [0.25, 0.3) is 12.3 Å². The highest BCUT2D eigenvalue weighted by atomic mass is 32.1. The predicted octanol–water partition coefficient (Wildman–Crippen LogP) is 3.96. The zero-order valence-corrected chi connectivity index (χ0v) is 21.7. The lowest BCUT2D eigenvalue weighted by Gasteiger charge is -2.14. The summed E-state index contributed by atoms with van der Waals surface area (Å²) in [6.45, 7) is 1.76. The van der Waals surface area contributed by atoms with Crippen molar-refractivity contribution < 1.29 is 23.1 Å². The standard InChI is InChI=1S/C27H22F2N6O3S/c1-38-23-15-30-22(25(28)29)14-21(23)20-13-18(3-2-10-34-11-12-35(37)16-34)6-8-19(20)26(36)31-27-33-32-24(39-27)9-7-17-4-5-17/h6,8,13-15,17,25H,4-5,10-12,16H2,1H3/p+1. The molecule has 198 valence electrons. The van der Waals surface area contributed by atoms with Crippen LogP contribution < -0.4 is 10.1 Å². The molecule has 12 heteroatoms. The van der Waals surface area contributed by atoms with Gasteiger partial charge >= 0.3 is 0 Å². The molecular formula is C27H23F2N6O3S+. The Balaban J connectivity index is 1.47. The maximum atomic E-state index is 13.5. The summed E-state index contributed by atoms with van der Waals surface area (Å²) in [6, 6.07) is 6.09. The molecule has 1 amide bonds. The third-order valence-electron chi connectivity index (χ3n) is 6.05. The number of amides is 1. The first-order valence-corrected chi connectivity index (χ1v) is 13.0. The van der Waals surface area contributed by atoms with Gasteiger partial charge in [-0.1, -0.05) is 29.1 Å². The molecule has 9 nitrogen and oxygen atoms in total. The Morgan fingerprint density at radius 2 is 2.10 bits per heavy atom. The van der Waals surface area contributed by atoms with Gasteiger partial charge in [-0.15, -0.1) is 10.2 Å². The van der Waals surface area contributed by atoms with Gasteiger partial charge in [-0.3, -0.25) is 15.1 Å². The van der Waals surface area contributed by atoms with Crippen molar-refractivity contribution in [1.29, 1.82) is 0 Å². The highest BCUT2D eigenvalue weighted by molar-refractivity contribution is 7.15. The van der Waals surface area contributed by atoms with E-state index < -0.39 is 18.0 Å². The summed E-state index contributed by atoms with van der Waals surface area (Å²) in [5, 5.41) is 11.5. The molecule has 2 fully saturated rings. The van der Waals surface area contributed by atoms with Crippen LogP contribution in [0.15, 0.2) is 30.5 Å². The van der Waals surface area contributed by atoms with Crippen LogP contribution in [0, 0.1) is 34.5 Å². The molecule has 1 N–H and O–H groups in total. The predicted molar refractivity (Wildman–Crippen MR) is 140 cm³/mol. The minimum atomic E-state index is -2.81. The number of methoxy groups -OCH3 is 1. The fraction of sp³-hybridized carbons (Fsp3) is 0.333. The van der Waals surface area contributed by atoms with Gasteiger partial charge in [0.1, 0.15) is 11.4 Å². The molecular weight excluding hydrogens is 526 g/mol. The Kier molecular flexibility index (Phi) is 7.87. The second kappa shape index (κ2) is 11.6. The van der Waals surface area contributed by atoms with Crippen molar-refractivity contribution in [3.8, 4) is 40.6 Å². The van der Waals surface area contributed by atoms with E-state index in [0.29, 0.717) is 48.4 Å². The molecule has 1 aliphatic carbocycles. The summed E-state index contributed by atoms with van der Waals surface area (Å²) in [6.07, 6.45) is 0.560. The second-order valence-corrected chi connectivity index (χ2v) is 9.96. The Hall–Kier alpha value is -4.26. The summed E-state index contributed by atoms with van der Waals surface area (Å²) in [4.78, 5) is 30.5. The normalized spacial score (nSPS) is 14.9. The summed E-state index contributed by atoms with van der Waals surface area (Å²) in [5.74, 6) is 12.3. The van der Waals surface area contributed by atoms with Crippen molar-refractivity contribution >= 4 is 22.4 Å². The molecule has 1 saturated carbocycles. The van der Waals surface area contributed by atoms with E-state index in [-0.39, 0.29) is 22.0 Å². The number of nitrogens with one attached hydrogen (secondary N) is 1. The SMILES string of the molecule is COc1cnc(C(F)F)cc1-c1cc(C#CCN2CC[N+](=O)C2)ccc1C(=O)Nc1nnc(C#CC2CC2)s1. The van der Waals surface area contributed by atoms with Crippen LogP contribution in [0.25, 0.3) is 11.1 Å². The number of anilines is 1. The van der Waals surface area contributed by atoms with Gasteiger partial charge in [-0.2, -0.15) is 0 Å². The largest absolute Gasteiger partial charge is 0.494 e. The molecule has 3 heterocycles. The van der Waals surface area contributed by atoms with E-state index in [9.17, 15) is 18.5 Å². The number of ether oxygens (including phenoxy) is 1. The number of nitroso groups, excluding NO2 is 1. The number of aromatic nitrogens is 3. The van der Waals surface area contributed by atoms with Crippen molar-refractivity contribution in [2.24, 2.45) is 5.92 Å². The van der Waals surface area contributed by atoms with Gasteiger partial charge in [0.05, 0.1) is 26.4 Å². The molecule has 5 rings (SSSR count). The van der Waals surface area contributed by atoms with E-state index in [1.54, 1.807) is 18.2 Å². The van der Waals surface area contributed by atoms with Crippen LogP contribution in [0.5, 0.6) is 5.75 Å². The number of carbonyl (C=O) groups excluding carboxylic acids is 1. The first-order chi connectivity index (χ1) is 18.9. The number of hydrogen-bond acceptors (Lipinski definition) is 8. The fourth-order valence-corrected chi connectivity index (χ4v) is 4.47. The minimum absolute atomic E-state index is 0.202. The van der Waals surface area contributed by atoms with E-state index in [1.165, 1.54) is 19.4 Å². The van der Waals surface area contributed by atoms with Crippen LogP contribution in [0.4, 0.5) is 13.9 Å². The number of halogens is 2. The van der Waals surface area contributed by atoms with Crippen LogP contribution in [-0.2, 0) is 0 Å². The first-order valence-electron chi connectivity index (χ1n) is 12.2. The molecule has 1 aliphatic heterocycles. The van der Waals surface area contributed by atoms with E-state index in [1.807, 2.05) is 4.90 Å². The van der Waals surface area contributed by atoms with Gasteiger partial charge in [0.2, 0.25) is 18.3 Å². The number of pyridine rings is 1. The summed E-state index contributed by atoms with van der Waals surface area (Å²) in [7, 11) is 1.40. The van der Waals surface area contributed by atoms with Crippen LogP contribution >= 0.6 is 11.3 Å². The van der Waals surface area contributed by atoms with Gasteiger partial charge in [-0.25, -0.2) is 13.7 Å². The van der Waals surface area contributed by atoms with Crippen LogP contribution in [0.1, 0.15) is 45.9 Å². The third-order valence-corrected chi connectivity index (χ3v) is 6.81. The molecule has 1 aromatic carbocycles. The van der Waals surface area contributed by atoms with Crippen molar-refractivity contribution in [3.63, 3.8) is 0 Å². The molecule has 0 bridgehead atoms. The van der Waals surface area contributed by atoms with Crippen molar-refractivity contribution in [2.75, 3.05) is 38.7 Å². The first kappa shape index (κ1) is 26.4. The highest BCUT2D eigenvalue weighted by Crippen LogP contribution is 2.35. The van der Waals surface area contributed by atoms with E-state index >= 15 is 0 Å². The zero-order chi connectivity index (χ0) is 27.4. The Morgan fingerprint density at radius 3 is 2.82 bits per heavy atom. The number of alkyl halides is 2. The minimum Gasteiger partial charge on any atom is -0.494 e. The fourth-order valence-electron chi connectivity index (χ4n) is 3.87. The maximum absolute atomic E-state index is 13.5. The van der Waals surface area contributed by atoms with Crippen molar-refractivity contribution in [1.82, 2.24) is 20.1 Å². The van der Waals surface area contributed by atoms with Gasteiger partial charge in [-0.05, 0) is 48.6 Å². The van der Waals surface area contributed by atoms with Gasteiger partial charge < -0.3 is 4.74 Å². The number of benzene rings is 1. The smallest absolute Gasteiger partial charge is 0.280 e. The monoisotopic (exact) mass is 549 g/mol. The summed E-state index contributed by atoms with van der Waals surface area (Å²) in [5.41, 5.74) is 0.920. The Labute approximate surface area is 227 Å². The van der Waals surface area contributed by atoms with Gasteiger partial charge in [0, 0.05) is 32.3 Å². The maximum Gasteiger partial charge on any atom is 0.280 e. The van der Waals surface area contributed by atoms with E-state index in [4.69, 9.17) is 4.74 Å². The molecule has 0 unspecified atom stereocenters. The molecule has 2 aliphatic rings. The molecule has 3 aromatic rings. The topological polar surface area (TPSA) is 100 Å². The van der Waals surface area contributed by atoms with Crippen molar-refractivity contribution in [3.05, 3.63) is 57.2 Å². The highest BCUT2D eigenvalue weighted by Gasteiger charge is 2.24. The van der Waals surface area contributed by atoms with E-state index in [2.05, 4.69) is 44.2 Å². The van der Waals surface area contributed by atoms with Crippen LogP contribution in [0.2, 0.25) is 0 Å². The zero-order valence-electron chi connectivity index (χ0n) is 20.9. The van der Waals surface area contributed by atoms with E-state index in [0.717, 1.165) is 28.9 Å².